The molecule has 3 fully saturated rings. The Kier molecular flexibility index (Phi) is 9.73. The maximum absolute atomic E-state index is 5.70. The van der Waals surface area contributed by atoms with Gasteiger partial charge in [0.1, 0.15) is 5.75 Å². The highest BCUT2D eigenvalue weighted by atomic mass is 127. The number of nitrogens with zero attached hydrogens (tertiary/aromatic N) is 3. The Labute approximate surface area is 210 Å². The highest BCUT2D eigenvalue weighted by Crippen LogP contribution is 2.31. The normalized spacial score (nSPS) is 24.0. The molecule has 0 amide bonds. The lowest BCUT2D eigenvalue weighted by Gasteiger charge is -2.45. The van der Waals surface area contributed by atoms with Crippen LogP contribution in [0.1, 0.15) is 38.5 Å². The minimum Gasteiger partial charge on any atom is -0.495 e. The summed E-state index contributed by atoms with van der Waals surface area (Å²) in [6.07, 6.45) is 7.14. The van der Waals surface area contributed by atoms with Gasteiger partial charge in [0.15, 0.2) is 5.96 Å². The van der Waals surface area contributed by atoms with E-state index in [2.05, 4.69) is 37.6 Å². The van der Waals surface area contributed by atoms with Crippen molar-refractivity contribution in [3.63, 3.8) is 0 Å². The summed E-state index contributed by atoms with van der Waals surface area (Å²) in [4.78, 5) is 9.68. The van der Waals surface area contributed by atoms with E-state index in [1.165, 1.54) is 31.6 Å². The number of piperidine rings is 1. The number of likely N-dealkylation sites (tertiary alicyclic amines) is 1. The fourth-order valence-corrected chi connectivity index (χ4v) is 5.39. The van der Waals surface area contributed by atoms with E-state index in [4.69, 9.17) is 9.47 Å². The molecular weight excluding hydrogens is 517 g/mol. The first kappa shape index (κ1) is 25.4. The second-order valence-electron chi connectivity index (χ2n) is 9.06. The van der Waals surface area contributed by atoms with Gasteiger partial charge in [0.2, 0.25) is 0 Å². The third-order valence-corrected chi connectivity index (χ3v) is 7.20. The molecule has 4 rings (SSSR count). The van der Waals surface area contributed by atoms with Gasteiger partial charge in [0, 0.05) is 51.5 Å². The van der Waals surface area contributed by atoms with E-state index < -0.39 is 0 Å². The van der Waals surface area contributed by atoms with Crippen LogP contribution in [0.15, 0.2) is 29.3 Å². The number of hydrogen-bond donors (Lipinski definition) is 2. The van der Waals surface area contributed by atoms with Gasteiger partial charge in [-0.1, -0.05) is 12.1 Å². The number of nitrogens with one attached hydrogen (secondary N) is 2. The second-order valence-corrected chi connectivity index (χ2v) is 9.06. The Hall–Kier alpha value is -1.26. The summed E-state index contributed by atoms with van der Waals surface area (Å²) in [6, 6.07) is 8.67. The zero-order valence-electron chi connectivity index (χ0n) is 19.6. The molecule has 1 unspecified atom stereocenters. The highest BCUT2D eigenvalue weighted by molar-refractivity contribution is 14.0. The molecule has 7 nitrogen and oxygen atoms in total. The van der Waals surface area contributed by atoms with Crippen LogP contribution < -0.4 is 20.3 Å². The predicted molar refractivity (Wildman–Crippen MR) is 142 cm³/mol. The van der Waals surface area contributed by atoms with Gasteiger partial charge in [-0.25, -0.2) is 0 Å². The Morgan fingerprint density at radius 2 is 1.91 bits per heavy atom. The number of ether oxygens (including phenoxy) is 2. The maximum atomic E-state index is 5.70. The van der Waals surface area contributed by atoms with E-state index in [1.807, 2.05) is 19.2 Å². The molecule has 32 heavy (non-hydrogen) atoms. The number of anilines is 1. The van der Waals surface area contributed by atoms with Crippen LogP contribution in [-0.4, -0.2) is 82.5 Å². The summed E-state index contributed by atoms with van der Waals surface area (Å²) in [5, 5.41) is 7.38. The summed E-state index contributed by atoms with van der Waals surface area (Å²) in [5.74, 6) is 1.86. The standard InChI is InChI=1S/C24H39N5O2.HI/c1-25-23(26-19-24(11-16-31-17-12-24)29-14-5-6-15-29)27-20-8-7-13-28(18-20)21-9-3-4-10-22(21)30-2;/h3-4,9-10,20H,5-8,11-19H2,1-2H3,(H2,25,26,27);1H. The summed E-state index contributed by atoms with van der Waals surface area (Å²) >= 11 is 0. The summed E-state index contributed by atoms with van der Waals surface area (Å²) in [6.45, 7) is 7.09. The summed E-state index contributed by atoms with van der Waals surface area (Å²) in [7, 11) is 3.62. The predicted octanol–water partition coefficient (Wildman–Crippen LogP) is 3.09. The average Bonchev–Trinajstić information content (AvgIpc) is 3.38. The minimum atomic E-state index is 0. The lowest BCUT2D eigenvalue weighted by molar-refractivity contribution is -0.0164. The zero-order valence-corrected chi connectivity index (χ0v) is 22.0. The topological polar surface area (TPSA) is 61.4 Å². The van der Waals surface area contributed by atoms with E-state index in [1.54, 1.807) is 7.11 Å². The van der Waals surface area contributed by atoms with Crippen molar-refractivity contribution >= 4 is 35.6 Å². The zero-order chi connectivity index (χ0) is 21.5. The van der Waals surface area contributed by atoms with Crippen molar-refractivity contribution in [3.05, 3.63) is 24.3 Å². The maximum Gasteiger partial charge on any atom is 0.191 e. The number of aliphatic imine (C=N–C) groups is 1. The molecule has 2 N–H and O–H groups in total. The third kappa shape index (κ3) is 5.99. The van der Waals surface area contributed by atoms with Crippen LogP contribution in [-0.2, 0) is 4.74 Å². The van der Waals surface area contributed by atoms with Crippen LogP contribution in [0, 0.1) is 0 Å². The smallest absolute Gasteiger partial charge is 0.191 e. The minimum absolute atomic E-state index is 0. The lowest BCUT2D eigenvalue weighted by atomic mass is 9.88. The van der Waals surface area contributed by atoms with Gasteiger partial charge in [-0.15, -0.1) is 24.0 Å². The monoisotopic (exact) mass is 557 g/mol. The summed E-state index contributed by atoms with van der Waals surface area (Å²) in [5.41, 5.74) is 1.37. The molecule has 0 bridgehead atoms. The number of hydrogen-bond acceptors (Lipinski definition) is 5. The first-order valence-corrected chi connectivity index (χ1v) is 11.9. The number of benzene rings is 1. The molecule has 180 valence electrons. The van der Waals surface area contributed by atoms with Crippen LogP contribution in [0.5, 0.6) is 5.75 Å². The van der Waals surface area contributed by atoms with Crippen molar-refractivity contribution in [1.29, 1.82) is 0 Å². The van der Waals surface area contributed by atoms with Gasteiger partial charge >= 0.3 is 0 Å². The van der Waals surface area contributed by atoms with Crippen LogP contribution in [0.2, 0.25) is 0 Å². The van der Waals surface area contributed by atoms with E-state index >= 15 is 0 Å². The lowest BCUT2D eigenvalue weighted by Crippen LogP contribution is -2.60. The van der Waals surface area contributed by atoms with Crippen molar-refractivity contribution in [3.8, 4) is 5.75 Å². The molecule has 3 aliphatic rings. The molecule has 3 heterocycles. The SMILES string of the molecule is CN=C(NCC1(N2CCCC2)CCOCC1)NC1CCCN(c2ccccc2OC)C1.I. The van der Waals surface area contributed by atoms with E-state index in [-0.39, 0.29) is 29.5 Å². The van der Waals surface area contributed by atoms with Gasteiger partial charge in [-0.3, -0.25) is 9.89 Å². The molecule has 8 heteroatoms. The van der Waals surface area contributed by atoms with E-state index in [0.717, 1.165) is 70.2 Å². The van der Waals surface area contributed by atoms with Gasteiger partial charge in [0.05, 0.1) is 12.8 Å². The largest absolute Gasteiger partial charge is 0.495 e. The molecule has 1 aromatic carbocycles. The third-order valence-electron chi connectivity index (χ3n) is 7.20. The van der Waals surface area contributed by atoms with Crippen molar-refractivity contribution in [2.45, 2.75) is 50.1 Å². The Morgan fingerprint density at radius 1 is 1.16 bits per heavy atom. The number of guanidine groups is 1. The van der Waals surface area contributed by atoms with Crippen molar-refractivity contribution < 1.29 is 9.47 Å². The Morgan fingerprint density at radius 3 is 2.62 bits per heavy atom. The fourth-order valence-electron chi connectivity index (χ4n) is 5.39. The van der Waals surface area contributed by atoms with Crippen LogP contribution in [0.25, 0.3) is 0 Å². The van der Waals surface area contributed by atoms with Crippen LogP contribution >= 0.6 is 24.0 Å². The molecule has 0 saturated carbocycles. The first-order chi connectivity index (χ1) is 15.2. The fraction of sp³-hybridized carbons (Fsp3) is 0.708. The Bertz CT molecular complexity index is 735. The molecule has 1 atom stereocenters. The van der Waals surface area contributed by atoms with Crippen LogP contribution in [0.3, 0.4) is 0 Å². The molecule has 0 radical (unpaired) electrons. The Balaban J connectivity index is 0.00000289. The van der Waals surface area contributed by atoms with Crippen molar-refractivity contribution in [2.24, 2.45) is 4.99 Å². The first-order valence-electron chi connectivity index (χ1n) is 11.9. The van der Waals surface area contributed by atoms with Gasteiger partial charge in [0.25, 0.3) is 0 Å². The highest BCUT2D eigenvalue weighted by Gasteiger charge is 2.39. The molecule has 0 aliphatic carbocycles. The number of para-hydroxylation sites is 2. The average molecular weight is 558 g/mol. The van der Waals surface area contributed by atoms with Gasteiger partial charge < -0.3 is 25.0 Å². The van der Waals surface area contributed by atoms with Crippen LogP contribution in [0.4, 0.5) is 5.69 Å². The summed E-state index contributed by atoms with van der Waals surface area (Å²) < 4.78 is 11.3. The molecular formula is C24H40IN5O2. The molecule has 3 saturated heterocycles. The van der Waals surface area contributed by atoms with Gasteiger partial charge in [-0.05, 0) is 63.7 Å². The van der Waals surface area contributed by atoms with Gasteiger partial charge in [-0.2, -0.15) is 0 Å². The molecule has 1 aromatic rings. The van der Waals surface area contributed by atoms with Crippen molar-refractivity contribution in [2.75, 3.05) is 65.0 Å². The quantitative estimate of drug-likeness (QED) is 0.319. The second kappa shape index (κ2) is 12.3. The van der Waals surface area contributed by atoms with E-state index in [9.17, 15) is 0 Å². The molecule has 3 aliphatic heterocycles. The molecule has 0 spiro atoms. The number of halogens is 1. The number of methoxy groups -OCH3 is 1. The number of rotatable bonds is 6. The van der Waals surface area contributed by atoms with Crippen molar-refractivity contribution in [1.82, 2.24) is 15.5 Å². The van der Waals surface area contributed by atoms with E-state index in [0.29, 0.717) is 6.04 Å². The molecule has 0 aromatic heterocycles.